The Balaban J connectivity index is 1.90. The zero-order chi connectivity index (χ0) is 13.2. The standard InChI is InChI=1S/C14H20FNO2/c1-10(11-5-4-6-12(15)7-11)16-13-8-17-14(2,3)18-9-13/h4-7,10,13,16H,8-9H2,1-3H3/t10-/m0/s1. The average molecular weight is 253 g/mol. The molecule has 18 heavy (non-hydrogen) atoms. The summed E-state index contributed by atoms with van der Waals surface area (Å²) in [7, 11) is 0. The molecule has 1 saturated heterocycles. The van der Waals surface area contributed by atoms with Gasteiger partial charge in [-0.15, -0.1) is 0 Å². The SMILES string of the molecule is C[C@H](NC1COC(C)(C)OC1)c1cccc(F)c1. The molecule has 0 aromatic heterocycles. The monoisotopic (exact) mass is 253 g/mol. The van der Waals surface area contributed by atoms with E-state index in [-0.39, 0.29) is 17.9 Å². The lowest BCUT2D eigenvalue weighted by Crippen LogP contribution is -2.49. The molecule has 0 aliphatic carbocycles. The largest absolute Gasteiger partial charge is 0.349 e. The van der Waals surface area contributed by atoms with Crippen LogP contribution in [0, 0.1) is 5.82 Å². The second kappa shape index (κ2) is 5.34. The third-order valence-corrected chi connectivity index (χ3v) is 3.10. The Morgan fingerprint density at radius 3 is 2.61 bits per heavy atom. The molecule has 0 unspecified atom stereocenters. The summed E-state index contributed by atoms with van der Waals surface area (Å²) in [4.78, 5) is 0. The van der Waals surface area contributed by atoms with Crippen LogP contribution in [0.25, 0.3) is 0 Å². The van der Waals surface area contributed by atoms with Gasteiger partial charge in [0.1, 0.15) is 5.82 Å². The van der Waals surface area contributed by atoms with E-state index in [1.165, 1.54) is 6.07 Å². The average Bonchev–Trinajstić information content (AvgIpc) is 2.32. The van der Waals surface area contributed by atoms with Gasteiger partial charge in [0.2, 0.25) is 0 Å². The van der Waals surface area contributed by atoms with Crippen LogP contribution in [0.5, 0.6) is 0 Å². The molecule has 3 nitrogen and oxygen atoms in total. The molecule has 1 aliphatic rings. The van der Waals surface area contributed by atoms with Gasteiger partial charge in [0.25, 0.3) is 0 Å². The van der Waals surface area contributed by atoms with Gasteiger partial charge in [-0.25, -0.2) is 4.39 Å². The number of hydrogen-bond donors (Lipinski definition) is 1. The van der Waals surface area contributed by atoms with Gasteiger partial charge in [0.15, 0.2) is 5.79 Å². The smallest absolute Gasteiger partial charge is 0.162 e. The molecule has 1 atom stereocenters. The van der Waals surface area contributed by atoms with Crippen LogP contribution in [0.3, 0.4) is 0 Å². The van der Waals surface area contributed by atoms with Crippen molar-refractivity contribution in [3.05, 3.63) is 35.6 Å². The van der Waals surface area contributed by atoms with Gasteiger partial charge in [-0.05, 0) is 38.5 Å². The number of rotatable bonds is 3. The van der Waals surface area contributed by atoms with E-state index < -0.39 is 5.79 Å². The van der Waals surface area contributed by atoms with E-state index in [0.717, 1.165) is 5.56 Å². The van der Waals surface area contributed by atoms with Gasteiger partial charge in [0, 0.05) is 6.04 Å². The fourth-order valence-electron chi connectivity index (χ4n) is 2.01. The molecular weight excluding hydrogens is 233 g/mol. The molecule has 0 radical (unpaired) electrons. The fourth-order valence-corrected chi connectivity index (χ4v) is 2.01. The number of benzene rings is 1. The fraction of sp³-hybridized carbons (Fsp3) is 0.571. The van der Waals surface area contributed by atoms with Gasteiger partial charge in [-0.3, -0.25) is 0 Å². The molecular formula is C14H20FNO2. The minimum absolute atomic E-state index is 0.0686. The van der Waals surface area contributed by atoms with Gasteiger partial charge in [-0.1, -0.05) is 12.1 Å². The van der Waals surface area contributed by atoms with Crippen LogP contribution in [0.1, 0.15) is 32.4 Å². The minimum Gasteiger partial charge on any atom is -0.349 e. The third kappa shape index (κ3) is 3.51. The first kappa shape index (κ1) is 13.5. The van der Waals surface area contributed by atoms with Gasteiger partial charge in [-0.2, -0.15) is 0 Å². The quantitative estimate of drug-likeness (QED) is 0.898. The van der Waals surface area contributed by atoms with E-state index in [1.807, 2.05) is 26.8 Å². The summed E-state index contributed by atoms with van der Waals surface area (Å²) in [5.74, 6) is -0.710. The van der Waals surface area contributed by atoms with Crippen molar-refractivity contribution in [2.75, 3.05) is 13.2 Å². The molecule has 0 bridgehead atoms. The first-order chi connectivity index (χ1) is 8.46. The molecule has 0 saturated carbocycles. The highest BCUT2D eigenvalue weighted by Crippen LogP contribution is 2.20. The van der Waals surface area contributed by atoms with Crippen molar-refractivity contribution in [3.63, 3.8) is 0 Å². The Morgan fingerprint density at radius 2 is 2.00 bits per heavy atom. The van der Waals surface area contributed by atoms with E-state index in [1.54, 1.807) is 12.1 Å². The van der Waals surface area contributed by atoms with E-state index >= 15 is 0 Å². The molecule has 1 heterocycles. The summed E-state index contributed by atoms with van der Waals surface area (Å²) < 4.78 is 24.3. The molecule has 1 aromatic rings. The van der Waals surface area contributed by atoms with Crippen molar-refractivity contribution in [1.29, 1.82) is 0 Å². The molecule has 4 heteroatoms. The van der Waals surface area contributed by atoms with Crippen LogP contribution in [0.4, 0.5) is 4.39 Å². The Hall–Kier alpha value is -0.970. The number of ether oxygens (including phenoxy) is 2. The Kier molecular flexibility index (Phi) is 4.00. The maximum Gasteiger partial charge on any atom is 0.162 e. The van der Waals surface area contributed by atoms with Crippen molar-refractivity contribution in [1.82, 2.24) is 5.32 Å². The van der Waals surface area contributed by atoms with Crippen LogP contribution in [0.2, 0.25) is 0 Å². The van der Waals surface area contributed by atoms with Crippen LogP contribution >= 0.6 is 0 Å². The summed E-state index contributed by atoms with van der Waals surface area (Å²) in [6.07, 6.45) is 0. The Bertz CT molecular complexity index is 399. The number of hydrogen-bond acceptors (Lipinski definition) is 3. The van der Waals surface area contributed by atoms with Crippen molar-refractivity contribution < 1.29 is 13.9 Å². The second-order valence-corrected chi connectivity index (χ2v) is 5.16. The van der Waals surface area contributed by atoms with Crippen LogP contribution in [-0.2, 0) is 9.47 Å². The highest BCUT2D eigenvalue weighted by Gasteiger charge is 2.28. The predicted molar refractivity (Wildman–Crippen MR) is 67.7 cm³/mol. The summed E-state index contributed by atoms with van der Waals surface area (Å²) in [6, 6.07) is 6.84. The maximum atomic E-state index is 13.1. The zero-order valence-corrected chi connectivity index (χ0v) is 11.1. The highest BCUT2D eigenvalue weighted by atomic mass is 19.1. The van der Waals surface area contributed by atoms with Crippen LogP contribution in [0.15, 0.2) is 24.3 Å². The lowest BCUT2D eigenvalue weighted by Gasteiger charge is -2.36. The molecule has 1 N–H and O–H groups in total. The molecule has 0 amide bonds. The van der Waals surface area contributed by atoms with Gasteiger partial charge >= 0.3 is 0 Å². The Morgan fingerprint density at radius 1 is 1.33 bits per heavy atom. The molecule has 100 valence electrons. The topological polar surface area (TPSA) is 30.5 Å². The van der Waals surface area contributed by atoms with Crippen LogP contribution in [-0.4, -0.2) is 25.0 Å². The lowest BCUT2D eigenvalue weighted by molar-refractivity contribution is -0.253. The first-order valence-electron chi connectivity index (χ1n) is 6.26. The van der Waals surface area contributed by atoms with Crippen molar-refractivity contribution >= 4 is 0 Å². The predicted octanol–water partition coefficient (Wildman–Crippen LogP) is 2.63. The normalized spacial score (nSPS) is 21.8. The van der Waals surface area contributed by atoms with Gasteiger partial charge < -0.3 is 14.8 Å². The highest BCUT2D eigenvalue weighted by molar-refractivity contribution is 5.19. The lowest BCUT2D eigenvalue weighted by atomic mass is 10.1. The van der Waals surface area contributed by atoms with E-state index in [0.29, 0.717) is 13.2 Å². The second-order valence-electron chi connectivity index (χ2n) is 5.16. The van der Waals surface area contributed by atoms with E-state index in [4.69, 9.17) is 9.47 Å². The van der Waals surface area contributed by atoms with E-state index in [9.17, 15) is 4.39 Å². The summed E-state index contributed by atoms with van der Waals surface area (Å²) >= 11 is 0. The van der Waals surface area contributed by atoms with E-state index in [2.05, 4.69) is 5.32 Å². The van der Waals surface area contributed by atoms with Gasteiger partial charge in [0.05, 0.1) is 19.3 Å². The maximum absolute atomic E-state index is 13.1. The molecule has 1 aliphatic heterocycles. The minimum atomic E-state index is -0.500. The summed E-state index contributed by atoms with van der Waals surface area (Å²) in [5.41, 5.74) is 0.930. The molecule has 0 spiro atoms. The number of halogens is 1. The first-order valence-corrected chi connectivity index (χ1v) is 6.26. The third-order valence-electron chi connectivity index (χ3n) is 3.10. The van der Waals surface area contributed by atoms with Crippen LogP contribution < -0.4 is 5.32 Å². The zero-order valence-electron chi connectivity index (χ0n) is 11.1. The van der Waals surface area contributed by atoms with Crippen molar-refractivity contribution in [2.45, 2.75) is 38.6 Å². The molecule has 2 rings (SSSR count). The Labute approximate surface area is 107 Å². The molecule has 1 fully saturated rings. The number of nitrogens with one attached hydrogen (secondary N) is 1. The summed E-state index contributed by atoms with van der Waals surface area (Å²) in [5, 5.41) is 3.38. The summed E-state index contributed by atoms with van der Waals surface area (Å²) in [6.45, 7) is 7.02. The van der Waals surface area contributed by atoms with Crippen molar-refractivity contribution in [2.24, 2.45) is 0 Å². The molecule has 1 aromatic carbocycles. The van der Waals surface area contributed by atoms with Crippen molar-refractivity contribution in [3.8, 4) is 0 Å².